The Kier molecular flexibility index (Phi) is 4.62. The largest absolute Gasteiger partial charge is 0.397 e. The van der Waals surface area contributed by atoms with Gasteiger partial charge in [0, 0.05) is 16.0 Å². The van der Waals surface area contributed by atoms with Crippen molar-refractivity contribution in [3.8, 4) is 6.07 Å². The van der Waals surface area contributed by atoms with Crippen LogP contribution >= 0.6 is 22.7 Å². The van der Waals surface area contributed by atoms with Crippen LogP contribution in [0.25, 0.3) is 10.2 Å². The predicted molar refractivity (Wildman–Crippen MR) is 112 cm³/mol. The Morgan fingerprint density at radius 3 is 2.81 bits per heavy atom. The first-order valence-electron chi connectivity index (χ1n) is 9.04. The van der Waals surface area contributed by atoms with Gasteiger partial charge < -0.3 is 11.1 Å². The number of nitrogens with zero attached hydrogens (tertiary/aromatic N) is 2. The van der Waals surface area contributed by atoms with Crippen LogP contribution in [0.2, 0.25) is 0 Å². The number of thiophene rings is 2. The minimum atomic E-state index is -0.267. The predicted octanol–water partition coefficient (Wildman–Crippen LogP) is 5.07. The van der Waals surface area contributed by atoms with Crippen molar-refractivity contribution in [3.05, 3.63) is 38.7 Å². The number of nitrogen functional groups attached to an aromatic ring is 1. The molecule has 3 N–H and O–H groups in total. The average molecular weight is 397 g/mol. The van der Waals surface area contributed by atoms with E-state index in [2.05, 4.69) is 30.2 Å². The fourth-order valence-electron chi connectivity index (χ4n) is 3.43. The summed E-state index contributed by atoms with van der Waals surface area (Å²) in [6.45, 7) is 4.17. The fraction of sp³-hybridized carbons (Fsp3) is 0.350. The van der Waals surface area contributed by atoms with Gasteiger partial charge in [-0.05, 0) is 49.3 Å². The standard InChI is InChI=1S/C20H20N4OS2/c1-10(2)14-8-7-12-16(22)17(27-19(12)23-14)18(25)24-20-13(9-21)11-5-3-4-6-15(11)26-20/h7-8,10H,3-6,22H2,1-2H3,(H,24,25). The lowest BCUT2D eigenvalue weighted by molar-refractivity contribution is 0.103. The first-order chi connectivity index (χ1) is 13.0. The Balaban J connectivity index is 1.69. The molecular weight excluding hydrogens is 376 g/mol. The number of hydrogen-bond acceptors (Lipinski definition) is 6. The van der Waals surface area contributed by atoms with Gasteiger partial charge in [-0.1, -0.05) is 13.8 Å². The maximum absolute atomic E-state index is 12.9. The number of aromatic nitrogens is 1. The number of nitriles is 1. The molecule has 0 saturated carbocycles. The van der Waals surface area contributed by atoms with Crippen molar-refractivity contribution in [3.63, 3.8) is 0 Å². The van der Waals surface area contributed by atoms with Gasteiger partial charge >= 0.3 is 0 Å². The van der Waals surface area contributed by atoms with Gasteiger partial charge in [0.25, 0.3) is 5.91 Å². The summed E-state index contributed by atoms with van der Waals surface area (Å²) in [7, 11) is 0. The van der Waals surface area contributed by atoms with Crippen molar-refractivity contribution >= 4 is 49.5 Å². The molecule has 3 heterocycles. The van der Waals surface area contributed by atoms with E-state index >= 15 is 0 Å². The molecule has 138 valence electrons. The van der Waals surface area contributed by atoms with E-state index < -0.39 is 0 Å². The Morgan fingerprint density at radius 2 is 2.07 bits per heavy atom. The molecule has 7 heteroatoms. The number of hydrogen-bond donors (Lipinski definition) is 2. The number of carbonyl (C=O) groups excluding carboxylic acids is 1. The summed E-state index contributed by atoms with van der Waals surface area (Å²) in [5.74, 6) is 0.0438. The van der Waals surface area contributed by atoms with Crippen LogP contribution in [0, 0.1) is 11.3 Å². The molecule has 1 aliphatic carbocycles. The van der Waals surface area contributed by atoms with Crippen LogP contribution in [0.4, 0.5) is 10.7 Å². The quantitative estimate of drug-likeness (QED) is 0.647. The molecule has 0 aromatic carbocycles. The molecule has 4 rings (SSSR count). The lowest BCUT2D eigenvalue weighted by atomic mass is 9.96. The molecule has 0 radical (unpaired) electrons. The summed E-state index contributed by atoms with van der Waals surface area (Å²) in [4.78, 5) is 20.0. The third kappa shape index (κ3) is 3.09. The molecule has 27 heavy (non-hydrogen) atoms. The highest BCUT2D eigenvalue weighted by Gasteiger charge is 2.24. The maximum atomic E-state index is 12.9. The summed E-state index contributed by atoms with van der Waals surface area (Å²) in [5, 5.41) is 14.0. The number of fused-ring (bicyclic) bond motifs is 2. The van der Waals surface area contributed by atoms with Crippen LogP contribution in [-0.4, -0.2) is 10.9 Å². The topological polar surface area (TPSA) is 91.8 Å². The van der Waals surface area contributed by atoms with E-state index in [1.807, 2.05) is 12.1 Å². The minimum absolute atomic E-state index is 0.267. The SMILES string of the molecule is CC(C)c1ccc2c(N)c(C(=O)Nc3sc4c(c3C#N)CCCC4)sc2n1. The normalized spacial score (nSPS) is 13.6. The van der Waals surface area contributed by atoms with Crippen LogP contribution in [-0.2, 0) is 12.8 Å². The van der Waals surface area contributed by atoms with Gasteiger partial charge in [0.2, 0.25) is 0 Å². The number of pyridine rings is 1. The second-order valence-electron chi connectivity index (χ2n) is 7.07. The van der Waals surface area contributed by atoms with E-state index in [9.17, 15) is 10.1 Å². The summed E-state index contributed by atoms with van der Waals surface area (Å²) < 4.78 is 0. The van der Waals surface area contributed by atoms with Crippen molar-refractivity contribution in [1.29, 1.82) is 5.26 Å². The molecule has 0 atom stereocenters. The van der Waals surface area contributed by atoms with Gasteiger partial charge in [0.15, 0.2) is 0 Å². The Morgan fingerprint density at radius 1 is 1.30 bits per heavy atom. The Labute approximate surface area is 165 Å². The molecule has 0 unspecified atom stereocenters. The molecule has 3 aromatic heterocycles. The van der Waals surface area contributed by atoms with Gasteiger partial charge in [-0.3, -0.25) is 4.79 Å². The number of rotatable bonds is 3. The number of aryl methyl sites for hydroxylation is 1. The highest BCUT2D eigenvalue weighted by molar-refractivity contribution is 7.21. The van der Waals surface area contributed by atoms with E-state index in [4.69, 9.17) is 5.73 Å². The molecule has 0 spiro atoms. The van der Waals surface area contributed by atoms with Crippen LogP contribution in [0.3, 0.4) is 0 Å². The van der Waals surface area contributed by atoms with Gasteiger partial charge in [-0.15, -0.1) is 22.7 Å². The molecule has 0 saturated heterocycles. The highest BCUT2D eigenvalue weighted by atomic mass is 32.1. The number of carbonyl (C=O) groups is 1. The van der Waals surface area contributed by atoms with E-state index in [0.29, 0.717) is 27.0 Å². The Bertz CT molecular complexity index is 1090. The molecule has 1 amide bonds. The van der Waals surface area contributed by atoms with Gasteiger partial charge in [-0.2, -0.15) is 5.26 Å². The minimum Gasteiger partial charge on any atom is -0.397 e. The zero-order valence-corrected chi connectivity index (χ0v) is 16.9. The van der Waals surface area contributed by atoms with Crippen molar-refractivity contribution in [2.45, 2.75) is 45.4 Å². The first-order valence-corrected chi connectivity index (χ1v) is 10.7. The van der Waals surface area contributed by atoms with Gasteiger partial charge in [0.1, 0.15) is 20.8 Å². The summed E-state index contributed by atoms with van der Waals surface area (Å²) >= 11 is 2.83. The summed E-state index contributed by atoms with van der Waals surface area (Å²) in [6, 6.07) is 6.17. The maximum Gasteiger partial charge on any atom is 0.268 e. The summed E-state index contributed by atoms with van der Waals surface area (Å²) in [5.41, 5.74) is 9.39. The average Bonchev–Trinajstić information content (AvgIpc) is 3.18. The lowest BCUT2D eigenvalue weighted by Crippen LogP contribution is -2.12. The van der Waals surface area contributed by atoms with Crippen molar-refractivity contribution in [2.24, 2.45) is 0 Å². The van der Waals surface area contributed by atoms with Crippen LogP contribution < -0.4 is 11.1 Å². The molecule has 3 aromatic rings. The number of anilines is 2. The second-order valence-corrected chi connectivity index (χ2v) is 9.17. The second kappa shape index (κ2) is 6.95. The van der Waals surface area contributed by atoms with E-state index in [-0.39, 0.29) is 5.91 Å². The number of nitrogens with two attached hydrogens (primary N) is 1. The number of amides is 1. The zero-order chi connectivity index (χ0) is 19.1. The van der Waals surface area contributed by atoms with Gasteiger partial charge in [0.05, 0.1) is 11.3 Å². The van der Waals surface area contributed by atoms with Crippen LogP contribution in [0.5, 0.6) is 0 Å². The van der Waals surface area contributed by atoms with Crippen LogP contribution in [0.15, 0.2) is 12.1 Å². The van der Waals surface area contributed by atoms with E-state index in [0.717, 1.165) is 47.2 Å². The molecular formula is C20H20N4OS2. The van der Waals surface area contributed by atoms with Crippen molar-refractivity contribution in [1.82, 2.24) is 4.98 Å². The Hall–Kier alpha value is -2.43. The molecule has 0 bridgehead atoms. The third-order valence-electron chi connectivity index (χ3n) is 4.92. The van der Waals surface area contributed by atoms with E-state index in [1.54, 1.807) is 0 Å². The molecule has 0 aliphatic heterocycles. The van der Waals surface area contributed by atoms with Crippen molar-refractivity contribution < 1.29 is 4.79 Å². The van der Waals surface area contributed by atoms with E-state index in [1.165, 1.54) is 27.6 Å². The smallest absolute Gasteiger partial charge is 0.268 e. The van der Waals surface area contributed by atoms with Gasteiger partial charge in [-0.25, -0.2) is 4.98 Å². The molecule has 5 nitrogen and oxygen atoms in total. The molecule has 1 aliphatic rings. The van der Waals surface area contributed by atoms with Crippen molar-refractivity contribution in [2.75, 3.05) is 11.1 Å². The van der Waals surface area contributed by atoms with Crippen LogP contribution in [0.1, 0.15) is 64.0 Å². The zero-order valence-electron chi connectivity index (χ0n) is 15.3. The molecule has 0 fully saturated rings. The lowest BCUT2D eigenvalue weighted by Gasteiger charge is -2.09. The monoisotopic (exact) mass is 396 g/mol. The number of nitrogens with one attached hydrogen (secondary N) is 1. The highest BCUT2D eigenvalue weighted by Crippen LogP contribution is 2.39. The first kappa shape index (κ1) is 18.0. The third-order valence-corrected chi connectivity index (χ3v) is 7.24. The fourth-order valence-corrected chi connectivity index (χ4v) is 5.66. The summed E-state index contributed by atoms with van der Waals surface area (Å²) in [6.07, 6.45) is 4.13.